The summed E-state index contributed by atoms with van der Waals surface area (Å²) < 4.78 is 32.4. The van der Waals surface area contributed by atoms with Crippen molar-refractivity contribution >= 4 is 17.4 Å². The fourth-order valence-electron chi connectivity index (χ4n) is 4.67. The Hall–Kier alpha value is -3.26. The fraction of sp³-hybridized carbons (Fsp3) is 0.360. The molecule has 174 valence electrons. The minimum absolute atomic E-state index is 0.127. The van der Waals surface area contributed by atoms with Crippen LogP contribution in [0.25, 0.3) is 5.57 Å². The number of carbonyl (C=O) groups is 2. The van der Waals surface area contributed by atoms with Crippen LogP contribution in [0.1, 0.15) is 31.2 Å². The Balaban J connectivity index is 1.42. The van der Waals surface area contributed by atoms with Crippen LogP contribution in [0.2, 0.25) is 0 Å². The zero-order chi connectivity index (χ0) is 23.4. The Morgan fingerprint density at radius 2 is 1.82 bits per heavy atom. The molecule has 0 unspecified atom stereocenters. The molecule has 1 aliphatic carbocycles. The van der Waals surface area contributed by atoms with Crippen molar-refractivity contribution in [3.8, 4) is 5.75 Å². The third-order valence-corrected chi connectivity index (χ3v) is 6.43. The topological polar surface area (TPSA) is 78.9 Å². The number of benzene rings is 2. The maximum atomic E-state index is 13.5. The molecule has 2 amide bonds. The summed E-state index contributed by atoms with van der Waals surface area (Å²) in [6.45, 7) is 1.01. The highest BCUT2D eigenvalue weighted by atomic mass is 19.2. The Labute approximate surface area is 190 Å². The average Bonchev–Trinajstić information content (AvgIpc) is 2.86. The summed E-state index contributed by atoms with van der Waals surface area (Å²) >= 11 is 0. The number of nitrogens with one attached hydrogen (secondary N) is 1. The second-order valence-electron chi connectivity index (χ2n) is 8.45. The highest BCUT2D eigenvalue weighted by Crippen LogP contribution is 2.35. The average molecular weight is 456 g/mol. The molecule has 1 heterocycles. The zero-order valence-corrected chi connectivity index (χ0v) is 18.0. The minimum atomic E-state index is -1.02. The molecule has 2 aromatic carbocycles. The second kappa shape index (κ2) is 10.1. The van der Waals surface area contributed by atoms with Crippen molar-refractivity contribution in [2.75, 3.05) is 13.1 Å². The number of hydroxylamine groups is 1. The molecule has 2 aliphatic rings. The van der Waals surface area contributed by atoms with E-state index in [-0.39, 0.29) is 18.1 Å². The van der Waals surface area contributed by atoms with Gasteiger partial charge in [-0.15, -0.1) is 0 Å². The van der Waals surface area contributed by atoms with E-state index in [9.17, 15) is 23.6 Å². The molecule has 2 N–H and O–H groups in total. The van der Waals surface area contributed by atoms with Crippen LogP contribution in [0.15, 0.2) is 54.6 Å². The van der Waals surface area contributed by atoms with Crippen LogP contribution >= 0.6 is 0 Å². The van der Waals surface area contributed by atoms with E-state index in [1.165, 1.54) is 11.6 Å². The molecule has 0 spiro atoms. The van der Waals surface area contributed by atoms with Gasteiger partial charge in [-0.05, 0) is 49.0 Å². The largest absolute Gasteiger partial charge is 0.490 e. The molecule has 0 saturated heterocycles. The van der Waals surface area contributed by atoms with Crippen LogP contribution in [0.3, 0.4) is 0 Å². The van der Waals surface area contributed by atoms with E-state index >= 15 is 0 Å². The van der Waals surface area contributed by atoms with Crippen molar-refractivity contribution in [1.82, 2.24) is 10.4 Å². The molecule has 6 nitrogen and oxygen atoms in total. The van der Waals surface area contributed by atoms with E-state index in [0.717, 1.165) is 24.1 Å². The van der Waals surface area contributed by atoms with Gasteiger partial charge < -0.3 is 9.64 Å². The number of nitrogens with zero attached hydrogens (tertiary/aromatic N) is 1. The lowest BCUT2D eigenvalue weighted by molar-refractivity contribution is -0.148. The zero-order valence-electron chi connectivity index (χ0n) is 18.0. The van der Waals surface area contributed by atoms with E-state index < -0.39 is 35.5 Å². The van der Waals surface area contributed by atoms with Crippen molar-refractivity contribution in [1.29, 1.82) is 0 Å². The lowest BCUT2D eigenvalue weighted by atomic mass is 9.76. The number of rotatable bonds is 5. The van der Waals surface area contributed by atoms with Crippen LogP contribution < -0.4 is 10.2 Å². The van der Waals surface area contributed by atoms with E-state index in [4.69, 9.17) is 4.74 Å². The third kappa shape index (κ3) is 5.22. The maximum Gasteiger partial charge on any atom is 0.247 e. The van der Waals surface area contributed by atoms with Crippen LogP contribution in [-0.2, 0) is 9.59 Å². The van der Waals surface area contributed by atoms with Gasteiger partial charge in [-0.1, -0.05) is 36.4 Å². The van der Waals surface area contributed by atoms with Crippen molar-refractivity contribution in [3.63, 3.8) is 0 Å². The lowest BCUT2D eigenvalue weighted by Crippen LogP contribution is -2.48. The quantitative estimate of drug-likeness (QED) is 0.528. The van der Waals surface area contributed by atoms with Gasteiger partial charge in [0.2, 0.25) is 11.8 Å². The van der Waals surface area contributed by atoms with E-state index in [1.54, 1.807) is 10.4 Å². The normalized spacial score (nSPS) is 22.9. The molecule has 8 heteroatoms. The standard InChI is InChI=1S/C25H26F2N2O4/c26-22-9-7-19(15-23(22)27)33-18-6-8-20(21(14-18)24(30)28-32)25(31)29-12-10-17(11-13-29)16-4-2-1-3-5-16/h1-5,7,9-10,15,18,20-21,32H,6,8,11-14H2,(H,28,30)/t18-,20+,21+/m1/s1. The Kier molecular flexibility index (Phi) is 7.03. The second-order valence-corrected chi connectivity index (χ2v) is 8.45. The van der Waals surface area contributed by atoms with Gasteiger partial charge in [-0.3, -0.25) is 14.8 Å². The van der Waals surface area contributed by atoms with Gasteiger partial charge in [-0.25, -0.2) is 14.3 Å². The van der Waals surface area contributed by atoms with Crippen LogP contribution in [-0.4, -0.2) is 41.1 Å². The molecular weight excluding hydrogens is 430 g/mol. The molecule has 0 aromatic heterocycles. The summed E-state index contributed by atoms with van der Waals surface area (Å²) in [4.78, 5) is 27.4. The van der Waals surface area contributed by atoms with Gasteiger partial charge in [-0.2, -0.15) is 0 Å². The molecule has 0 bridgehead atoms. The Morgan fingerprint density at radius 1 is 1.03 bits per heavy atom. The van der Waals surface area contributed by atoms with Gasteiger partial charge in [0.15, 0.2) is 11.6 Å². The van der Waals surface area contributed by atoms with Crippen molar-refractivity contribution in [2.24, 2.45) is 11.8 Å². The fourth-order valence-corrected chi connectivity index (χ4v) is 4.67. The first-order chi connectivity index (χ1) is 16.0. The lowest BCUT2D eigenvalue weighted by Gasteiger charge is -2.37. The van der Waals surface area contributed by atoms with Crippen molar-refractivity contribution in [2.45, 2.75) is 31.8 Å². The summed E-state index contributed by atoms with van der Waals surface area (Å²) in [6, 6.07) is 13.3. The SMILES string of the molecule is O=C(NO)[C@H]1C[C@H](Oc2ccc(F)c(F)c2)CC[C@@H]1C(=O)N1CC=C(c2ccccc2)CC1. The first kappa shape index (κ1) is 22.9. The van der Waals surface area contributed by atoms with Crippen molar-refractivity contribution in [3.05, 3.63) is 71.8 Å². The van der Waals surface area contributed by atoms with Gasteiger partial charge in [0.1, 0.15) is 5.75 Å². The predicted octanol–water partition coefficient (Wildman–Crippen LogP) is 3.95. The monoisotopic (exact) mass is 456 g/mol. The predicted molar refractivity (Wildman–Crippen MR) is 117 cm³/mol. The summed E-state index contributed by atoms with van der Waals surface area (Å²) in [7, 11) is 0. The maximum absolute atomic E-state index is 13.5. The molecule has 1 aliphatic heterocycles. The Morgan fingerprint density at radius 3 is 2.48 bits per heavy atom. The molecule has 0 radical (unpaired) electrons. The van der Waals surface area contributed by atoms with E-state index in [2.05, 4.69) is 0 Å². The molecule has 33 heavy (non-hydrogen) atoms. The first-order valence-corrected chi connectivity index (χ1v) is 11.0. The summed E-state index contributed by atoms with van der Waals surface area (Å²) in [5.41, 5.74) is 3.99. The third-order valence-electron chi connectivity index (χ3n) is 6.43. The highest BCUT2D eigenvalue weighted by Gasteiger charge is 2.42. The number of ether oxygens (including phenoxy) is 1. The van der Waals surface area contributed by atoms with Crippen molar-refractivity contribution < 1.29 is 28.3 Å². The molecule has 1 saturated carbocycles. The number of halogens is 2. The molecule has 3 atom stereocenters. The van der Waals surface area contributed by atoms with Crippen LogP contribution in [0.4, 0.5) is 8.78 Å². The Bertz CT molecular complexity index is 1040. The smallest absolute Gasteiger partial charge is 0.247 e. The van der Waals surface area contributed by atoms with E-state index in [1.807, 2.05) is 36.4 Å². The first-order valence-electron chi connectivity index (χ1n) is 11.0. The molecule has 1 fully saturated rings. The van der Waals surface area contributed by atoms with Crippen LogP contribution in [0, 0.1) is 23.5 Å². The van der Waals surface area contributed by atoms with Gasteiger partial charge in [0, 0.05) is 19.2 Å². The van der Waals surface area contributed by atoms with E-state index in [0.29, 0.717) is 25.9 Å². The van der Waals surface area contributed by atoms with Crippen LogP contribution in [0.5, 0.6) is 5.75 Å². The van der Waals surface area contributed by atoms with Gasteiger partial charge in [0.25, 0.3) is 0 Å². The molecule has 4 rings (SSSR count). The highest BCUT2D eigenvalue weighted by molar-refractivity contribution is 5.88. The number of hydrogen-bond acceptors (Lipinski definition) is 4. The number of amides is 2. The molecule has 2 aromatic rings. The van der Waals surface area contributed by atoms with Gasteiger partial charge >= 0.3 is 0 Å². The summed E-state index contributed by atoms with van der Waals surface area (Å²) in [5.74, 6) is -3.99. The summed E-state index contributed by atoms with van der Waals surface area (Å²) in [6.07, 6.45) is 3.34. The number of carbonyl (C=O) groups excluding carboxylic acids is 2. The minimum Gasteiger partial charge on any atom is -0.490 e. The molecular formula is C25H26F2N2O4. The summed E-state index contributed by atoms with van der Waals surface area (Å²) in [5, 5.41) is 9.23. The van der Waals surface area contributed by atoms with Gasteiger partial charge in [0.05, 0.1) is 17.9 Å². The number of hydrogen-bond donors (Lipinski definition) is 2.